The number of aromatic nitrogens is 6. The zero-order chi connectivity index (χ0) is 44.2. The van der Waals surface area contributed by atoms with E-state index in [0.717, 1.165) is 0 Å². The maximum Gasteiger partial charge on any atom is 0.330 e. The van der Waals surface area contributed by atoms with Gasteiger partial charge in [0, 0.05) is 31.0 Å². The van der Waals surface area contributed by atoms with E-state index in [1.807, 2.05) is 36.4 Å². The Bertz CT molecular complexity index is 2590. The van der Waals surface area contributed by atoms with E-state index in [2.05, 4.69) is 50.7 Å². The van der Waals surface area contributed by atoms with Gasteiger partial charge in [0.25, 0.3) is 11.1 Å². The number of aryl methyl sites for hydroxylation is 1. The lowest BCUT2D eigenvalue weighted by molar-refractivity contribution is -0.153. The molecule has 5 aromatic rings. The highest BCUT2D eigenvalue weighted by atomic mass is 32.5. The Morgan fingerprint density at radius 1 is 0.935 bits per heavy atom. The Labute approximate surface area is 360 Å². The number of rotatable bonds is 18. The van der Waals surface area contributed by atoms with Crippen molar-refractivity contribution < 1.29 is 42.5 Å². The number of fused-ring (bicyclic) bond motifs is 1. The van der Waals surface area contributed by atoms with Crippen LogP contribution in [0.4, 0.5) is 5.95 Å². The van der Waals surface area contributed by atoms with Crippen LogP contribution in [0.2, 0.25) is 12.6 Å². The fourth-order valence-electron chi connectivity index (χ4n) is 7.61. The predicted molar refractivity (Wildman–Crippen MR) is 232 cm³/mol. The number of Topliss-reactive ketones (excluding diaryl/α,β-unsaturated/α-hetero) is 1. The zero-order valence-corrected chi connectivity index (χ0v) is 36.9. The molecule has 3 aromatic heterocycles. The Balaban J connectivity index is 1.17. The normalized spacial score (nSPS) is 22.5. The molecule has 2 fully saturated rings. The van der Waals surface area contributed by atoms with Crippen LogP contribution in [0.15, 0.2) is 87.6 Å². The van der Waals surface area contributed by atoms with Crippen molar-refractivity contribution in [2.45, 2.75) is 89.0 Å². The van der Waals surface area contributed by atoms with Gasteiger partial charge in [-0.05, 0) is 31.7 Å². The number of ether oxygens (including phenoxy) is 3. The van der Waals surface area contributed by atoms with E-state index in [0.29, 0.717) is 6.04 Å². The third kappa shape index (κ3) is 10.1. The smallest absolute Gasteiger partial charge is 0.330 e. The van der Waals surface area contributed by atoms with Crippen molar-refractivity contribution in [1.29, 1.82) is 0 Å². The summed E-state index contributed by atoms with van der Waals surface area (Å²) in [5.74, 6) is -0.961. The molecule has 7 atom stereocenters. The second kappa shape index (κ2) is 19.2. The number of aliphatic hydroxyl groups excluding tert-OH is 1. The summed E-state index contributed by atoms with van der Waals surface area (Å²) in [6.45, 7) is 0.597. The molecule has 7 rings (SSSR count). The van der Waals surface area contributed by atoms with E-state index < -0.39 is 81.0 Å². The first-order valence-electron chi connectivity index (χ1n) is 20.0. The quantitative estimate of drug-likeness (QED) is 0.0557. The number of imidazole rings is 1. The van der Waals surface area contributed by atoms with Gasteiger partial charge in [-0.3, -0.25) is 33.5 Å². The van der Waals surface area contributed by atoms with Gasteiger partial charge >= 0.3 is 18.4 Å². The summed E-state index contributed by atoms with van der Waals surface area (Å²) in [4.78, 5) is 75.4. The number of benzene rings is 2. The van der Waals surface area contributed by atoms with Crippen molar-refractivity contribution in [2.24, 2.45) is 0 Å². The molecule has 0 amide bonds. The van der Waals surface area contributed by atoms with Gasteiger partial charge in [-0.1, -0.05) is 77.6 Å². The molecule has 22 heteroatoms. The van der Waals surface area contributed by atoms with Crippen molar-refractivity contribution in [3.8, 4) is 0 Å². The van der Waals surface area contributed by atoms with E-state index in [9.17, 15) is 29.1 Å². The lowest BCUT2D eigenvalue weighted by Gasteiger charge is -2.31. The SMILES string of the molecule is CC(=O)CCC(=O)O[C@H]1C[C@H](n2cnc3c(=O)[nH]c(N)nc32)O[C@@H]1COP(=S)(OCC[Si](C)(c1ccccc1)c1ccccc1)O[C@H]1C[C@H](n2cc(C)c(=O)[nH]c2=O)O[C@@H]1CO. The van der Waals surface area contributed by atoms with Gasteiger partial charge in [0.05, 0.1) is 38.7 Å². The van der Waals surface area contributed by atoms with Crippen molar-refractivity contribution >= 4 is 65.8 Å². The largest absolute Gasteiger partial charge is 0.459 e. The van der Waals surface area contributed by atoms with E-state index in [1.54, 1.807) is 6.92 Å². The third-order valence-electron chi connectivity index (χ3n) is 11.1. The summed E-state index contributed by atoms with van der Waals surface area (Å²) < 4.78 is 40.6. The minimum Gasteiger partial charge on any atom is -0.459 e. The fourth-order valence-corrected chi connectivity index (χ4v) is 13.2. The Morgan fingerprint density at radius 2 is 1.58 bits per heavy atom. The standard InChI is InChI=1S/C40H48N7O12PSSi/c1-24-20-46(40(53)45-37(24)51)32-19-29(30(21-48)56-32)59-60(61,54-16-17-62(3,26-10-6-4-7-11-26)27-12-8-5-9-13-27)55-22-31-28(58-34(50)15-14-25(2)49)18-33(57-31)47-23-42-35-36(47)43-39(41)44-38(35)52/h4-13,20,23,28-33,48H,14-19,21-22H2,1-3H3,(H,45,51,53)(H3,41,43,44,52)/t28-,29-,30+,31+,32+,33+,60?/m0/s1. The number of carbonyl (C=O) groups excluding carboxylic acids is 2. The molecule has 2 aliphatic rings. The summed E-state index contributed by atoms with van der Waals surface area (Å²) >= 11 is 6.14. The minimum atomic E-state index is -3.85. The molecule has 0 radical (unpaired) electrons. The number of aliphatic hydroxyl groups is 1. The van der Waals surface area contributed by atoms with Crippen molar-refractivity contribution in [1.82, 2.24) is 29.1 Å². The molecular weight excluding hydrogens is 862 g/mol. The highest BCUT2D eigenvalue weighted by Gasteiger charge is 2.45. The highest BCUT2D eigenvalue weighted by molar-refractivity contribution is 8.07. The number of nitrogens with two attached hydrogens (primary N) is 1. The van der Waals surface area contributed by atoms with Crippen LogP contribution in [0.1, 0.15) is 50.6 Å². The van der Waals surface area contributed by atoms with Gasteiger partial charge < -0.3 is 43.4 Å². The van der Waals surface area contributed by atoms with E-state index in [4.69, 9.17) is 45.3 Å². The lowest BCUT2D eigenvalue weighted by Crippen LogP contribution is -2.56. The number of nitrogen functional groups attached to an aromatic ring is 1. The summed E-state index contributed by atoms with van der Waals surface area (Å²) in [7, 11) is -2.45. The van der Waals surface area contributed by atoms with Gasteiger partial charge in [0.1, 0.15) is 44.6 Å². The molecule has 1 unspecified atom stereocenters. The number of nitrogens with zero attached hydrogens (tertiary/aromatic N) is 4. The van der Waals surface area contributed by atoms with Gasteiger partial charge in [-0.25, -0.2) is 9.78 Å². The predicted octanol–water partition coefficient (Wildman–Crippen LogP) is 1.94. The number of H-pyrrole nitrogens is 2. The molecule has 19 nitrogen and oxygen atoms in total. The number of carbonyl (C=O) groups is 2. The topological polar surface area (TPSA) is 254 Å². The van der Waals surface area contributed by atoms with Crippen LogP contribution in [0.25, 0.3) is 11.2 Å². The summed E-state index contributed by atoms with van der Waals surface area (Å²) in [6.07, 6.45) is -2.97. The monoisotopic (exact) mass is 909 g/mol. The molecule has 0 spiro atoms. The first-order chi connectivity index (χ1) is 29.7. The van der Waals surface area contributed by atoms with Crippen molar-refractivity contribution in [3.63, 3.8) is 0 Å². The highest BCUT2D eigenvalue weighted by Crippen LogP contribution is 2.54. The number of esters is 1. The number of hydrogen-bond donors (Lipinski definition) is 4. The average molecular weight is 910 g/mol. The van der Waals surface area contributed by atoms with Crippen LogP contribution >= 0.6 is 6.72 Å². The fraction of sp³-hybridized carbons (Fsp3) is 0.425. The first-order valence-corrected chi connectivity index (χ1v) is 25.3. The Morgan fingerprint density at radius 3 is 2.24 bits per heavy atom. The lowest BCUT2D eigenvalue weighted by atomic mass is 10.2. The molecule has 5 heterocycles. The van der Waals surface area contributed by atoms with Gasteiger partial charge in [-0.15, -0.1) is 0 Å². The second-order valence-electron chi connectivity index (χ2n) is 15.4. The molecule has 5 N–H and O–H groups in total. The van der Waals surface area contributed by atoms with Gasteiger partial charge in [-0.2, -0.15) is 4.98 Å². The maximum absolute atomic E-state index is 13.0. The average Bonchev–Trinajstić information content (AvgIpc) is 3.98. The molecule has 0 bridgehead atoms. The zero-order valence-electron chi connectivity index (χ0n) is 34.2. The number of hydrogen-bond acceptors (Lipinski definition) is 16. The number of nitrogens with one attached hydrogen (secondary N) is 2. The Hall–Kier alpha value is -4.96. The first kappa shape index (κ1) is 45.1. The molecule has 0 saturated carbocycles. The molecule has 2 aliphatic heterocycles. The maximum atomic E-state index is 13.0. The summed E-state index contributed by atoms with van der Waals surface area (Å²) in [5.41, 5.74) is 4.50. The third-order valence-corrected chi connectivity index (χ3v) is 17.9. The van der Waals surface area contributed by atoms with Crippen LogP contribution in [-0.2, 0) is 49.2 Å². The summed E-state index contributed by atoms with van der Waals surface area (Å²) in [5, 5.41) is 12.8. The van der Waals surface area contributed by atoms with Crippen LogP contribution in [-0.4, -0.2) is 98.2 Å². The van der Waals surface area contributed by atoms with E-state index in [-0.39, 0.29) is 67.4 Å². The van der Waals surface area contributed by atoms with Crippen LogP contribution in [0.3, 0.4) is 0 Å². The Kier molecular flexibility index (Phi) is 14.0. The van der Waals surface area contributed by atoms with Crippen LogP contribution in [0.5, 0.6) is 0 Å². The van der Waals surface area contributed by atoms with Crippen LogP contribution in [0, 0.1) is 6.92 Å². The van der Waals surface area contributed by atoms with Crippen LogP contribution < -0.4 is 32.9 Å². The second-order valence-corrected chi connectivity index (χ2v) is 22.7. The van der Waals surface area contributed by atoms with E-state index in [1.165, 1.54) is 39.0 Å². The number of aromatic amines is 2. The van der Waals surface area contributed by atoms with Crippen molar-refractivity contribution in [2.75, 3.05) is 25.6 Å². The van der Waals surface area contributed by atoms with Gasteiger partial charge in [0.2, 0.25) is 5.95 Å². The molecule has 330 valence electrons. The molecule has 2 aromatic carbocycles. The molecular formula is C40H48N7O12PSSi. The molecule has 2 saturated heterocycles. The number of ketones is 1. The van der Waals surface area contributed by atoms with Gasteiger partial charge in [0.15, 0.2) is 11.2 Å². The molecule has 0 aliphatic carbocycles. The van der Waals surface area contributed by atoms with Crippen molar-refractivity contribution in [3.05, 3.63) is 110 Å². The minimum absolute atomic E-state index is 0.0196. The number of anilines is 1. The molecule has 62 heavy (non-hydrogen) atoms. The van der Waals surface area contributed by atoms with E-state index >= 15 is 0 Å². The summed E-state index contributed by atoms with van der Waals surface area (Å²) in [6, 6.07) is 20.9.